The lowest BCUT2D eigenvalue weighted by atomic mass is 10.0. The number of aryl methyl sites for hydroxylation is 2. The molecule has 4 aromatic rings. The van der Waals surface area contributed by atoms with Crippen LogP contribution in [0.25, 0.3) is 21.3 Å². The molecule has 2 heterocycles. The summed E-state index contributed by atoms with van der Waals surface area (Å²) in [6.45, 7) is 4.12. The van der Waals surface area contributed by atoms with Crippen molar-refractivity contribution in [2.24, 2.45) is 0 Å². The maximum atomic E-state index is 13.1. The minimum absolute atomic E-state index is 0.0240. The Kier molecular flexibility index (Phi) is 5.65. The Morgan fingerprint density at radius 2 is 1.93 bits per heavy atom. The van der Waals surface area contributed by atoms with Gasteiger partial charge < -0.3 is 9.84 Å². The van der Waals surface area contributed by atoms with Crippen LogP contribution in [-0.2, 0) is 6.54 Å². The molecule has 0 saturated heterocycles. The second-order valence-corrected chi connectivity index (χ2v) is 8.11. The van der Waals surface area contributed by atoms with E-state index in [1.807, 2.05) is 24.4 Å². The fraction of sp³-hybridized carbons (Fsp3) is 0.217. The van der Waals surface area contributed by atoms with E-state index in [0.717, 1.165) is 16.7 Å². The first-order chi connectivity index (χ1) is 14.4. The SMILES string of the molecule is Cc1ccc(-c2csc3ncn(CC(O)COc4ccc(F)cc4)c(=O)c23)cc1C. The van der Waals surface area contributed by atoms with Crippen molar-refractivity contribution in [1.29, 1.82) is 0 Å². The predicted molar refractivity (Wildman–Crippen MR) is 117 cm³/mol. The monoisotopic (exact) mass is 424 g/mol. The van der Waals surface area contributed by atoms with Gasteiger partial charge in [0.2, 0.25) is 0 Å². The van der Waals surface area contributed by atoms with Gasteiger partial charge in [-0.05, 0) is 54.8 Å². The Balaban J connectivity index is 1.57. The van der Waals surface area contributed by atoms with Gasteiger partial charge in [0.25, 0.3) is 5.56 Å². The Bertz CT molecular complexity index is 1250. The molecule has 1 atom stereocenters. The van der Waals surface area contributed by atoms with Crippen LogP contribution >= 0.6 is 11.3 Å². The van der Waals surface area contributed by atoms with E-state index >= 15 is 0 Å². The van der Waals surface area contributed by atoms with Crippen LogP contribution in [0.1, 0.15) is 11.1 Å². The van der Waals surface area contributed by atoms with Crippen LogP contribution in [0.3, 0.4) is 0 Å². The zero-order valence-electron chi connectivity index (χ0n) is 16.6. The average molecular weight is 424 g/mol. The summed E-state index contributed by atoms with van der Waals surface area (Å²) in [6.07, 6.45) is 0.530. The molecule has 1 unspecified atom stereocenters. The molecular weight excluding hydrogens is 403 g/mol. The molecule has 2 aromatic carbocycles. The number of nitrogens with zero attached hydrogens (tertiary/aromatic N) is 2. The van der Waals surface area contributed by atoms with E-state index in [2.05, 4.69) is 18.0 Å². The molecule has 0 fully saturated rings. The maximum Gasteiger partial charge on any atom is 0.262 e. The summed E-state index contributed by atoms with van der Waals surface area (Å²) in [7, 11) is 0. The van der Waals surface area contributed by atoms with Gasteiger partial charge in [0.1, 0.15) is 29.1 Å². The first-order valence-electron chi connectivity index (χ1n) is 9.53. The quantitative estimate of drug-likeness (QED) is 0.501. The Morgan fingerprint density at radius 3 is 2.67 bits per heavy atom. The van der Waals surface area contributed by atoms with Crippen molar-refractivity contribution in [1.82, 2.24) is 9.55 Å². The van der Waals surface area contributed by atoms with Gasteiger partial charge in [-0.2, -0.15) is 0 Å². The van der Waals surface area contributed by atoms with E-state index in [0.29, 0.717) is 16.0 Å². The molecular formula is C23H21FN2O3S. The first kappa shape index (κ1) is 20.3. The molecule has 0 aliphatic rings. The van der Waals surface area contributed by atoms with Gasteiger partial charge >= 0.3 is 0 Å². The number of halogens is 1. The van der Waals surface area contributed by atoms with E-state index in [1.54, 1.807) is 0 Å². The minimum Gasteiger partial charge on any atom is -0.491 e. The van der Waals surface area contributed by atoms with E-state index in [9.17, 15) is 14.3 Å². The van der Waals surface area contributed by atoms with Gasteiger partial charge in [-0.3, -0.25) is 9.36 Å². The van der Waals surface area contributed by atoms with Gasteiger partial charge in [-0.15, -0.1) is 11.3 Å². The van der Waals surface area contributed by atoms with Gasteiger partial charge in [0.15, 0.2) is 0 Å². The number of hydrogen-bond acceptors (Lipinski definition) is 5. The summed E-state index contributed by atoms with van der Waals surface area (Å²) in [5, 5.41) is 12.8. The molecule has 1 N–H and O–H groups in total. The molecule has 5 nitrogen and oxygen atoms in total. The predicted octanol–water partition coefficient (Wildman–Crippen LogP) is 4.32. The summed E-state index contributed by atoms with van der Waals surface area (Å²) in [5.74, 6) is 0.0930. The van der Waals surface area contributed by atoms with Crippen molar-refractivity contribution < 1.29 is 14.2 Å². The van der Waals surface area contributed by atoms with Gasteiger partial charge in [0, 0.05) is 10.9 Å². The van der Waals surface area contributed by atoms with Crippen molar-refractivity contribution in [3.8, 4) is 16.9 Å². The number of benzene rings is 2. The zero-order valence-corrected chi connectivity index (χ0v) is 17.4. The zero-order chi connectivity index (χ0) is 21.3. The van der Waals surface area contributed by atoms with E-state index < -0.39 is 6.10 Å². The Morgan fingerprint density at radius 1 is 1.17 bits per heavy atom. The van der Waals surface area contributed by atoms with E-state index in [-0.39, 0.29) is 24.5 Å². The van der Waals surface area contributed by atoms with Crippen molar-refractivity contribution in [3.63, 3.8) is 0 Å². The lowest BCUT2D eigenvalue weighted by Crippen LogP contribution is -2.30. The Hall–Kier alpha value is -3.03. The number of aliphatic hydroxyl groups excluding tert-OH is 1. The molecule has 7 heteroatoms. The highest BCUT2D eigenvalue weighted by molar-refractivity contribution is 7.17. The van der Waals surface area contributed by atoms with Crippen LogP contribution in [-0.4, -0.2) is 27.4 Å². The molecule has 154 valence electrons. The van der Waals surface area contributed by atoms with Gasteiger partial charge in [0.05, 0.1) is 18.3 Å². The molecule has 0 bridgehead atoms. The molecule has 4 rings (SSSR count). The number of ether oxygens (including phenoxy) is 1. The topological polar surface area (TPSA) is 64.3 Å². The van der Waals surface area contributed by atoms with Gasteiger partial charge in [-0.25, -0.2) is 9.37 Å². The van der Waals surface area contributed by atoms with Crippen molar-refractivity contribution in [2.75, 3.05) is 6.61 Å². The van der Waals surface area contributed by atoms with Crippen LogP contribution in [0.15, 0.2) is 59.0 Å². The molecule has 0 saturated carbocycles. The second kappa shape index (κ2) is 8.38. The second-order valence-electron chi connectivity index (χ2n) is 7.25. The molecule has 0 aliphatic heterocycles. The number of thiophene rings is 1. The largest absolute Gasteiger partial charge is 0.491 e. The first-order valence-corrected chi connectivity index (χ1v) is 10.4. The summed E-state index contributed by atoms with van der Waals surface area (Å²) < 4.78 is 19.8. The van der Waals surface area contributed by atoms with Gasteiger partial charge in [-0.1, -0.05) is 18.2 Å². The lowest BCUT2D eigenvalue weighted by molar-refractivity contribution is 0.0914. The lowest BCUT2D eigenvalue weighted by Gasteiger charge is -2.14. The number of aromatic nitrogens is 2. The number of hydrogen-bond donors (Lipinski definition) is 1. The summed E-state index contributed by atoms with van der Waals surface area (Å²) in [4.78, 5) is 18.2. The van der Waals surface area contributed by atoms with Crippen LogP contribution in [0.5, 0.6) is 5.75 Å². The van der Waals surface area contributed by atoms with E-state index in [4.69, 9.17) is 4.74 Å². The summed E-state index contributed by atoms with van der Waals surface area (Å²) >= 11 is 1.43. The maximum absolute atomic E-state index is 13.1. The van der Waals surface area contributed by atoms with Crippen LogP contribution in [0.2, 0.25) is 0 Å². The molecule has 0 spiro atoms. The standard InChI is InChI=1S/C23H21FN2O3S/c1-14-3-4-16(9-15(14)2)20-12-30-22-21(20)23(28)26(13-25-22)10-18(27)11-29-19-7-5-17(24)6-8-19/h3-9,12-13,18,27H,10-11H2,1-2H3. The van der Waals surface area contributed by atoms with E-state index in [1.165, 1.54) is 52.1 Å². The highest BCUT2D eigenvalue weighted by Crippen LogP contribution is 2.31. The fourth-order valence-corrected chi connectivity index (χ4v) is 4.13. The normalized spacial score (nSPS) is 12.3. The van der Waals surface area contributed by atoms with Crippen molar-refractivity contribution >= 4 is 21.6 Å². The average Bonchev–Trinajstić information content (AvgIpc) is 3.17. The van der Waals surface area contributed by atoms with Crippen molar-refractivity contribution in [2.45, 2.75) is 26.5 Å². The Labute approximate surface area is 177 Å². The van der Waals surface area contributed by atoms with Crippen molar-refractivity contribution in [3.05, 3.63) is 81.5 Å². The fourth-order valence-electron chi connectivity index (χ4n) is 3.22. The number of rotatable bonds is 6. The molecule has 2 aromatic heterocycles. The molecule has 0 radical (unpaired) electrons. The highest BCUT2D eigenvalue weighted by atomic mass is 32.1. The molecule has 30 heavy (non-hydrogen) atoms. The third-order valence-corrected chi connectivity index (χ3v) is 5.93. The third-order valence-electron chi connectivity index (χ3n) is 5.04. The number of fused-ring (bicyclic) bond motifs is 1. The van der Waals surface area contributed by atoms with Crippen LogP contribution in [0, 0.1) is 19.7 Å². The van der Waals surface area contributed by atoms with Crippen LogP contribution < -0.4 is 10.3 Å². The minimum atomic E-state index is -0.921. The number of aliphatic hydroxyl groups is 1. The smallest absolute Gasteiger partial charge is 0.262 e. The molecule has 0 aliphatic carbocycles. The summed E-state index contributed by atoms with van der Waals surface area (Å²) in [5.41, 5.74) is 3.97. The summed E-state index contributed by atoms with van der Waals surface area (Å²) in [6, 6.07) is 11.7. The highest BCUT2D eigenvalue weighted by Gasteiger charge is 2.16. The van der Waals surface area contributed by atoms with Crippen LogP contribution in [0.4, 0.5) is 4.39 Å². The third kappa shape index (κ3) is 4.13. The molecule has 0 amide bonds.